The van der Waals surface area contributed by atoms with E-state index in [1.807, 2.05) is 0 Å². The summed E-state index contributed by atoms with van der Waals surface area (Å²) in [7, 11) is -4.13. The molecule has 6 heteroatoms. The smallest absolute Gasteiger partial charge is 0.322 e. The third-order valence-electron chi connectivity index (χ3n) is 3.45. The molecule has 0 spiro atoms. The molecule has 0 aliphatic heterocycles. The normalized spacial score (nSPS) is 15.2. The van der Waals surface area contributed by atoms with Crippen molar-refractivity contribution >= 4 is 25.8 Å². The van der Waals surface area contributed by atoms with Crippen molar-refractivity contribution in [3.63, 3.8) is 0 Å². The zero-order valence-corrected chi connectivity index (χ0v) is 18.4. The fourth-order valence-corrected chi connectivity index (χ4v) is 16.7. The van der Waals surface area contributed by atoms with Crippen LogP contribution < -0.4 is 0 Å². The summed E-state index contributed by atoms with van der Waals surface area (Å²) in [6, 6.07) is 1.77. The van der Waals surface area contributed by atoms with Gasteiger partial charge in [0.05, 0.1) is 0 Å². The van der Waals surface area contributed by atoms with Crippen LogP contribution in [0, 0.1) is 0 Å². The van der Waals surface area contributed by atoms with E-state index >= 15 is 0 Å². The molecule has 0 fully saturated rings. The van der Waals surface area contributed by atoms with Gasteiger partial charge in [-0.15, -0.1) is 0 Å². The van der Waals surface area contributed by atoms with Gasteiger partial charge in [0.2, 0.25) is 0 Å². The van der Waals surface area contributed by atoms with Gasteiger partial charge in [0.1, 0.15) is 16.5 Å². The van der Waals surface area contributed by atoms with E-state index in [9.17, 15) is 0 Å². The predicted octanol–water partition coefficient (Wildman–Crippen LogP) is 4.03. The van der Waals surface area contributed by atoms with Crippen LogP contribution in [0.3, 0.4) is 0 Å². The van der Waals surface area contributed by atoms with Crippen molar-refractivity contribution < 1.29 is 8.85 Å². The molecule has 0 rings (SSSR count). The van der Waals surface area contributed by atoms with Crippen LogP contribution in [0.5, 0.6) is 0 Å². The lowest BCUT2D eigenvalue weighted by Gasteiger charge is -2.49. The molecule has 0 aromatic carbocycles. The highest BCUT2D eigenvalue weighted by Crippen LogP contribution is 2.27. The van der Waals surface area contributed by atoms with Crippen LogP contribution in [0.15, 0.2) is 0 Å². The predicted molar refractivity (Wildman–Crippen MR) is 97.8 cm³/mol. The maximum absolute atomic E-state index is 5.91. The molecule has 0 heterocycles. The Hall–Kier alpha value is 0.531. The molecule has 1 unspecified atom stereocenters. The maximum atomic E-state index is 5.91. The van der Waals surface area contributed by atoms with E-state index in [0.29, 0.717) is 6.04 Å². The second kappa shape index (κ2) is 8.85. The lowest BCUT2D eigenvalue weighted by Crippen LogP contribution is -2.63. The molecule has 0 aliphatic rings. The fraction of sp³-hybridized carbons (Fsp3) is 1.00. The molecule has 20 heavy (non-hydrogen) atoms. The second-order valence-corrected chi connectivity index (χ2v) is 19.4. The lowest BCUT2D eigenvalue weighted by molar-refractivity contribution is 0.207. The van der Waals surface area contributed by atoms with E-state index < -0.39 is 25.8 Å². The Morgan fingerprint density at radius 3 is 1.50 bits per heavy atom. The van der Waals surface area contributed by atoms with E-state index in [1.165, 1.54) is 6.42 Å². The second-order valence-electron chi connectivity index (χ2n) is 7.35. The summed E-state index contributed by atoms with van der Waals surface area (Å²) < 4.78 is 14.7. The highest BCUT2D eigenvalue weighted by atomic mass is 28.4. The molecule has 0 saturated carbocycles. The number of hydrogen-bond acceptors (Lipinski definition) is 3. The molecule has 0 N–H and O–H groups in total. The van der Waals surface area contributed by atoms with Crippen molar-refractivity contribution in [3.05, 3.63) is 0 Å². The molecule has 0 amide bonds. The first-order valence-corrected chi connectivity index (χ1v) is 16.8. The Labute approximate surface area is 131 Å². The molecule has 0 aromatic rings. The van der Waals surface area contributed by atoms with Crippen LogP contribution in [0.25, 0.3) is 0 Å². The first-order valence-electron chi connectivity index (χ1n) is 8.10. The van der Waals surface area contributed by atoms with E-state index in [-0.39, 0.29) is 0 Å². The van der Waals surface area contributed by atoms with Crippen molar-refractivity contribution in [2.24, 2.45) is 0 Å². The Kier molecular flexibility index (Phi) is 9.08. The summed E-state index contributed by atoms with van der Waals surface area (Å²) in [6.45, 7) is 22.9. The van der Waals surface area contributed by atoms with Gasteiger partial charge in [0.25, 0.3) is 0 Å². The summed E-state index contributed by atoms with van der Waals surface area (Å²) in [5.41, 5.74) is 0. The van der Waals surface area contributed by atoms with E-state index in [0.717, 1.165) is 19.3 Å². The molecule has 122 valence electrons. The van der Waals surface area contributed by atoms with Crippen molar-refractivity contribution in [2.75, 3.05) is 13.2 Å². The maximum Gasteiger partial charge on any atom is 0.322 e. The molecule has 0 aliphatic carbocycles. The van der Waals surface area contributed by atoms with Gasteiger partial charge in [-0.2, -0.15) is 0 Å². The third-order valence-corrected chi connectivity index (χ3v) is 13.4. The third kappa shape index (κ3) is 7.00. The molecule has 0 saturated heterocycles. The number of hydrogen-bond donors (Lipinski definition) is 0. The van der Waals surface area contributed by atoms with Crippen LogP contribution >= 0.6 is 0 Å². The van der Waals surface area contributed by atoms with Crippen LogP contribution in [0.2, 0.25) is 45.3 Å². The summed E-state index contributed by atoms with van der Waals surface area (Å²) in [5.74, 6) is 0. The molecule has 0 aromatic heterocycles. The van der Waals surface area contributed by atoms with E-state index in [4.69, 9.17) is 8.85 Å². The number of nitrogens with zero attached hydrogens (tertiary/aromatic N) is 1. The average molecular weight is 336 g/mol. The Bertz CT molecular complexity index is 244. The first kappa shape index (κ1) is 20.5. The summed E-state index contributed by atoms with van der Waals surface area (Å²) in [5, 5.41) is 0. The van der Waals surface area contributed by atoms with Crippen molar-refractivity contribution in [2.45, 2.75) is 78.6 Å². The summed E-state index contributed by atoms with van der Waals surface area (Å²) in [6.07, 6.45) is 1.21. The van der Waals surface area contributed by atoms with Gasteiger partial charge in [0.15, 0.2) is 0 Å². The van der Waals surface area contributed by atoms with E-state index in [1.54, 1.807) is 0 Å². The molecule has 0 radical (unpaired) electrons. The highest BCUT2D eigenvalue weighted by Gasteiger charge is 2.39. The van der Waals surface area contributed by atoms with Gasteiger partial charge in [-0.05, 0) is 26.3 Å². The van der Waals surface area contributed by atoms with Gasteiger partial charge in [-0.3, -0.25) is 0 Å². The van der Waals surface area contributed by atoms with Crippen molar-refractivity contribution in [3.8, 4) is 0 Å². The molecule has 0 bridgehead atoms. The van der Waals surface area contributed by atoms with E-state index in [2.05, 4.69) is 64.3 Å². The minimum atomic E-state index is -1.51. The van der Waals surface area contributed by atoms with Gasteiger partial charge >= 0.3 is 9.28 Å². The Morgan fingerprint density at radius 1 is 0.850 bits per heavy atom. The van der Waals surface area contributed by atoms with Crippen molar-refractivity contribution in [1.82, 2.24) is 4.23 Å². The standard InChI is InChI=1S/C14H37NO2Si3/c1-10-14(13-18(16-11-2)17-12-3)15(19(4,5)6)20(7,8)9/h14,18H,10-13H2,1-9H3. The van der Waals surface area contributed by atoms with Crippen LogP contribution in [0.4, 0.5) is 0 Å². The van der Waals surface area contributed by atoms with Crippen LogP contribution in [-0.2, 0) is 8.85 Å². The first-order chi connectivity index (χ1) is 9.07. The van der Waals surface area contributed by atoms with Crippen LogP contribution in [0.1, 0.15) is 27.2 Å². The van der Waals surface area contributed by atoms with Crippen molar-refractivity contribution in [1.29, 1.82) is 0 Å². The van der Waals surface area contributed by atoms with Gasteiger partial charge < -0.3 is 13.1 Å². The lowest BCUT2D eigenvalue weighted by atomic mass is 10.3. The number of rotatable bonds is 10. The summed E-state index contributed by atoms with van der Waals surface area (Å²) >= 11 is 0. The SMILES string of the molecule is CCO[SiH](CC(CC)N([Si](C)(C)C)[Si](C)(C)C)OCC. The molecule has 1 atom stereocenters. The van der Waals surface area contributed by atoms with Gasteiger partial charge in [-0.1, -0.05) is 46.2 Å². The Balaban J connectivity index is 5.08. The van der Waals surface area contributed by atoms with Gasteiger partial charge in [-0.25, -0.2) is 0 Å². The minimum absolute atomic E-state index is 0.642. The van der Waals surface area contributed by atoms with Crippen LogP contribution in [-0.4, -0.2) is 49.2 Å². The largest absolute Gasteiger partial charge is 0.397 e. The topological polar surface area (TPSA) is 21.7 Å². The zero-order chi connectivity index (χ0) is 16.0. The average Bonchev–Trinajstić information content (AvgIpc) is 2.24. The molecular weight excluding hydrogens is 298 g/mol. The molecule has 3 nitrogen and oxygen atoms in total. The quantitative estimate of drug-likeness (QED) is 0.563. The minimum Gasteiger partial charge on any atom is -0.397 e. The zero-order valence-electron chi connectivity index (χ0n) is 15.2. The molecular formula is C14H37NO2Si3. The highest BCUT2D eigenvalue weighted by molar-refractivity contribution is 6.89. The van der Waals surface area contributed by atoms with Gasteiger partial charge in [0, 0.05) is 19.3 Å². The monoisotopic (exact) mass is 335 g/mol. The summed E-state index contributed by atoms with van der Waals surface area (Å²) in [4.78, 5) is 0. The Morgan fingerprint density at radius 2 is 1.25 bits per heavy atom. The fourth-order valence-electron chi connectivity index (χ4n) is 3.33.